The number of benzene rings is 2. The largest absolute Gasteiger partial charge is 0.423 e. The number of amides is 1. The van der Waals surface area contributed by atoms with Crippen LogP contribution in [0.1, 0.15) is 18.1 Å². The lowest BCUT2D eigenvalue weighted by Crippen LogP contribution is -2.12. The maximum atomic E-state index is 11.7. The van der Waals surface area contributed by atoms with Crippen LogP contribution in [0.15, 0.2) is 65.8 Å². The summed E-state index contributed by atoms with van der Waals surface area (Å²) in [6, 6.07) is 16.3. The van der Waals surface area contributed by atoms with Gasteiger partial charge in [-0.05, 0) is 41.5 Å². The fraction of sp³-hybridized carbons (Fsp3) is 0.0556. The summed E-state index contributed by atoms with van der Waals surface area (Å²) in [6.07, 6.45) is 4.57. The number of carbonyl (C=O) groups is 2. The predicted molar refractivity (Wildman–Crippen MR) is 89.0 cm³/mol. The Bertz CT molecular complexity index is 720. The van der Waals surface area contributed by atoms with Crippen LogP contribution in [0.4, 0.5) is 0 Å². The van der Waals surface area contributed by atoms with E-state index in [0.717, 1.165) is 11.1 Å². The molecular formula is C18H16N2O3. The summed E-state index contributed by atoms with van der Waals surface area (Å²) in [4.78, 5) is 22.4. The fourth-order valence-corrected chi connectivity index (χ4v) is 1.70. The van der Waals surface area contributed by atoms with E-state index < -0.39 is 5.97 Å². The zero-order chi connectivity index (χ0) is 16.5. The number of hydrogen-bond donors (Lipinski definition) is 1. The molecule has 5 nitrogen and oxygen atoms in total. The maximum Gasteiger partial charge on any atom is 0.336 e. The Hall–Kier alpha value is -3.21. The lowest BCUT2D eigenvalue weighted by atomic mass is 10.2. The third-order valence-electron chi connectivity index (χ3n) is 2.75. The number of carbonyl (C=O) groups excluding carboxylic acids is 2. The topological polar surface area (TPSA) is 67.8 Å². The van der Waals surface area contributed by atoms with Gasteiger partial charge in [0, 0.05) is 13.0 Å². The van der Waals surface area contributed by atoms with E-state index in [1.54, 1.807) is 30.3 Å². The van der Waals surface area contributed by atoms with E-state index in [1.807, 2.05) is 30.3 Å². The molecule has 116 valence electrons. The molecule has 5 heteroatoms. The van der Waals surface area contributed by atoms with Crippen LogP contribution in [-0.4, -0.2) is 18.1 Å². The molecule has 2 rings (SSSR count). The van der Waals surface area contributed by atoms with Crippen molar-refractivity contribution in [3.05, 3.63) is 71.8 Å². The van der Waals surface area contributed by atoms with E-state index >= 15 is 0 Å². The van der Waals surface area contributed by atoms with Gasteiger partial charge in [0.15, 0.2) is 0 Å². The number of nitrogens with one attached hydrogen (secondary N) is 1. The van der Waals surface area contributed by atoms with Crippen LogP contribution in [0.5, 0.6) is 5.75 Å². The first kappa shape index (κ1) is 16.2. The molecule has 0 bridgehead atoms. The molecule has 0 saturated carbocycles. The summed E-state index contributed by atoms with van der Waals surface area (Å²) in [5.41, 5.74) is 4.01. The second-order valence-corrected chi connectivity index (χ2v) is 4.66. The lowest BCUT2D eigenvalue weighted by molar-refractivity contribution is -0.129. The monoisotopic (exact) mass is 308 g/mol. The number of hydrogen-bond acceptors (Lipinski definition) is 4. The Balaban J connectivity index is 1.90. The molecule has 0 aliphatic rings. The van der Waals surface area contributed by atoms with Crippen molar-refractivity contribution in [2.45, 2.75) is 6.92 Å². The van der Waals surface area contributed by atoms with Gasteiger partial charge in [0.1, 0.15) is 5.75 Å². The SMILES string of the molecule is CC(=O)N/N=C/c1ccc(OC(=O)/C=C/c2ccccc2)cc1. The lowest BCUT2D eigenvalue weighted by Gasteiger charge is -2.01. The molecule has 0 heterocycles. The second kappa shape index (κ2) is 8.29. The highest BCUT2D eigenvalue weighted by molar-refractivity contribution is 5.89. The van der Waals surface area contributed by atoms with Gasteiger partial charge in [-0.25, -0.2) is 10.2 Å². The fourth-order valence-electron chi connectivity index (χ4n) is 1.70. The molecule has 23 heavy (non-hydrogen) atoms. The van der Waals surface area contributed by atoms with Crippen molar-refractivity contribution in [1.29, 1.82) is 0 Å². The molecule has 0 aromatic heterocycles. The molecule has 2 aromatic carbocycles. The molecule has 0 unspecified atom stereocenters. The summed E-state index contributed by atoms with van der Waals surface area (Å²) in [7, 11) is 0. The first-order valence-electron chi connectivity index (χ1n) is 6.98. The third kappa shape index (κ3) is 5.97. The Labute approximate surface area is 134 Å². The summed E-state index contributed by atoms with van der Waals surface area (Å²) in [5.74, 6) is -0.255. The first-order chi connectivity index (χ1) is 11.1. The minimum Gasteiger partial charge on any atom is -0.423 e. The standard InChI is InChI=1S/C18H16N2O3/c1-14(21)20-19-13-16-7-10-17(11-8-16)23-18(22)12-9-15-5-3-2-4-6-15/h2-13H,1H3,(H,20,21)/b12-9+,19-13+. The average molecular weight is 308 g/mol. The smallest absolute Gasteiger partial charge is 0.336 e. The second-order valence-electron chi connectivity index (χ2n) is 4.66. The van der Waals surface area contributed by atoms with Gasteiger partial charge in [0.2, 0.25) is 5.91 Å². The van der Waals surface area contributed by atoms with E-state index in [2.05, 4.69) is 10.5 Å². The van der Waals surface area contributed by atoms with Crippen LogP contribution in [0.25, 0.3) is 6.08 Å². The van der Waals surface area contributed by atoms with Gasteiger partial charge in [-0.1, -0.05) is 30.3 Å². The summed E-state index contributed by atoms with van der Waals surface area (Å²) in [6.45, 7) is 1.38. The number of hydrazone groups is 1. The normalized spacial score (nSPS) is 10.8. The van der Waals surface area contributed by atoms with Crippen LogP contribution >= 0.6 is 0 Å². The van der Waals surface area contributed by atoms with E-state index in [-0.39, 0.29) is 5.91 Å². The molecule has 1 N–H and O–H groups in total. The van der Waals surface area contributed by atoms with Crippen LogP contribution in [-0.2, 0) is 9.59 Å². The molecule has 0 fully saturated rings. The predicted octanol–water partition coefficient (Wildman–Crippen LogP) is 2.78. The number of nitrogens with zero attached hydrogens (tertiary/aromatic N) is 1. The van der Waals surface area contributed by atoms with Gasteiger partial charge >= 0.3 is 5.97 Å². The molecule has 1 amide bonds. The van der Waals surface area contributed by atoms with Gasteiger partial charge < -0.3 is 4.74 Å². The van der Waals surface area contributed by atoms with Crippen molar-refractivity contribution in [2.75, 3.05) is 0 Å². The average Bonchev–Trinajstić information content (AvgIpc) is 2.55. The minimum absolute atomic E-state index is 0.239. The van der Waals surface area contributed by atoms with E-state index in [4.69, 9.17) is 4.74 Å². The maximum absolute atomic E-state index is 11.7. The Morgan fingerprint density at radius 2 is 1.70 bits per heavy atom. The van der Waals surface area contributed by atoms with Crippen LogP contribution in [0.2, 0.25) is 0 Å². The first-order valence-corrected chi connectivity index (χ1v) is 6.98. The highest BCUT2D eigenvalue weighted by Gasteiger charge is 2.00. The molecule has 0 aliphatic carbocycles. The van der Waals surface area contributed by atoms with E-state index in [1.165, 1.54) is 19.2 Å². The van der Waals surface area contributed by atoms with Crippen molar-refractivity contribution < 1.29 is 14.3 Å². The van der Waals surface area contributed by atoms with Gasteiger partial charge in [0.05, 0.1) is 6.21 Å². The minimum atomic E-state index is -0.450. The number of ether oxygens (including phenoxy) is 1. The summed E-state index contributed by atoms with van der Waals surface area (Å²) in [5, 5.41) is 3.75. The van der Waals surface area contributed by atoms with Gasteiger partial charge in [-0.3, -0.25) is 4.79 Å². The Morgan fingerprint density at radius 3 is 2.35 bits per heavy atom. The van der Waals surface area contributed by atoms with Gasteiger partial charge in [-0.2, -0.15) is 5.10 Å². The molecule has 0 spiro atoms. The highest BCUT2D eigenvalue weighted by Crippen LogP contribution is 2.12. The summed E-state index contributed by atoms with van der Waals surface area (Å²) >= 11 is 0. The van der Waals surface area contributed by atoms with Crippen LogP contribution in [0.3, 0.4) is 0 Å². The zero-order valence-corrected chi connectivity index (χ0v) is 12.6. The zero-order valence-electron chi connectivity index (χ0n) is 12.6. The van der Waals surface area contributed by atoms with E-state index in [9.17, 15) is 9.59 Å². The van der Waals surface area contributed by atoms with Gasteiger partial charge in [0.25, 0.3) is 0 Å². The third-order valence-corrected chi connectivity index (χ3v) is 2.75. The van der Waals surface area contributed by atoms with Crippen molar-refractivity contribution in [2.24, 2.45) is 5.10 Å². The Morgan fingerprint density at radius 1 is 1.00 bits per heavy atom. The molecular weight excluding hydrogens is 292 g/mol. The van der Waals surface area contributed by atoms with Crippen LogP contribution < -0.4 is 10.2 Å². The molecule has 2 aromatic rings. The van der Waals surface area contributed by atoms with Crippen molar-refractivity contribution in [3.63, 3.8) is 0 Å². The highest BCUT2D eigenvalue weighted by atomic mass is 16.5. The van der Waals surface area contributed by atoms with Crippen LogP contribution in [0, 0.1) is 0 Å². The van der Waals surface area contributed by atoms with E-state index in [0.29, 0.717) is 5.75 Å². The quantitative estimate of drug-likeness (QED) is 0.304. The molecule has 0 radical (unpaired) electrons. The number of esters is 1. The van der Waals surface area contributed by atoms with Crippen molar-refractivity contribution in [1.82, 2.24) is 5.43 Å². The van der Waals surface area contributed by atoms with Gasteiger partial charge in [-0.15, -0.1) is 0 Å². The number of rotatable bonds is 5. The van der Waals surface area contributed by atoms with Crippen molar-refractivity contribution >= 4 is 24.2 Å². The van der Waals surface area contributed by atoms with Crippen molar-refractivity contribution in [3.8, 4) is 5.75 Å². The summed E-state index contributed by atoms with van der Waals surface area (Å²) < 4.78 is 5.19. The molecule has 0 atom stereocenters. The Kier molecular flexibility index (Phi) is 5.82. The molecule has 0 saturated heterocycles. The molecule has 0 aliphatic heterocycles.